The van der Waals surface area contributed by atoms with Gasteiger partial charge in [0.05, 0.1) is 5.54 Å². The Balaban J connectivity index is 2.78. The second-order valence-electron chi connectivity index (χ2n) is 4.48. The normalized spacial score (nSPS) is 30.8. The van der Waals surface area contributed by atoms with Crippen molar-refractivity contribution in [3.05, 3.63) is 12.3 Å². The van der Waals surface area contributed by atoms with Gasteiger partial charge in [0, 0.05) is 6.20 Å². The molecule has 0 heterocycles. The molecule has 0 bridgehead atoms. The zero-order valence-electron chi connectivity index (χ0n) is 9.64. The lowest BCUT2D eigenvalue weighted by atomic mass is 9.80. The molecule has 4 heteroatoms. The zero-order chi connectivity index (χ0) is 12.0. The third kappa shape index (κ3) is 2.75. The molecule has 0 N–H and O–H groups in total. The van der Waals surface area contributed by atoms with Crippen molar-refractivity contribution in [2.45, 2.75) is 38.6 Å². The number of hydrogen-bond donors (Lipinski definition) is 0. The minimum absolute atomic E-state index is 0.238. The highest BCUT2D eigenvalue weighted by atomic mass is 16.1. The molecule has 3 atom stereocenters. The Kier molecular flexibility index (Phi) is 4.36. The van der Waals surface area contributed by atoms with Gasteiger partial charge in [0.1, 0.15) is 0 Å². The number of nitrogens with zero attached hydrogens (tertiary/aromatic N) is 2. The van der Waals surface area contributed by atoms with Gasteiger partial charge in [0.15, 0.2) is 0 Å². The van der Waals surface area contributed by atoms with Crippen LogP contribution < -0.4 is 0 Å². The molecule has 86 valence electrons. The van der Waals surface area contributed by atoms with E-state index >= 15 is 0 Å². The number of carbonyl (C=O) groups excluding carboxylic acids is 2. The van der Waals surface area contributed by atoms with Crippen LogP contribution in [0.1, 0.15) is 33.1 Å². The number of hydrogen-bond acceptors (Lipinski definition) is 4. The van der Waals surface area contributed by atoms with Crippen molar-refractivity contribution in [2.75, 3.05) is 0 Å². The number of aliphatic imine (C=N–C) groups is 2. The Morgan fingerprint density at radius 1 is 1.44 bits per heavy atom. The molecule has 16 heavy (non-hydrogen) atoms. The Morgan fingerprint density at radius 2 is 2.19 bits per heavy atom. The van der Waals surface area contributed by atoms with Gasteiger partial charge in [-0.3, -0.25) is 0 Å². The van der Waals surface area contributed by atoms with Gasteiger partial charge in [0.25, 0.3) is 0 Å². The minimum atomic E-state index is -0.309. The summed E-state index contributed by atoms with van der Waals surface area (Å²) in [7, 11) is 0. The highest BCUT2D eigenvalue weighted by Crippen LogP contribution is 2.43. The molecule has 0 radical (unpaired) electrons. The number of rotatable bonds is 4. The van der Waals surface area contributed by atoms with Crippen molar-refractivity contribution in [2.24, 2.45) is 21.8 Å². The summed E-state index contributed by atoms with van der Waals surface area (Å²) in [6.45, 7) is 4.04. The van der Waals surface area contributed by atoms with Gasteiger partial charge >= 0.3 is 0 Å². The van der Waals surface area contributed by atoms with Gasteiger partial charge in [-0.2, -0.15) is 9.98 Å². The first-order chi connectivity index (χ1) is 7.64. The molecule has 1 aliphatic carbocycles. The van der Waals surface area contributed by atoms with E-state index in [-0.39, 0.29) is 11.5 Å². The van der Waals surface area contributed by atoms with Crippen LogP contribution in [0.4, 0.5) is 0 Å². The molecule has 1 saturated carbocycles. The molecule has 0 spiro atoms. The second-order valence-corrected chi connectivity index (χ2v) is 4.48. The van der Waals surface area contributed by atoms with Crippen molar-refractivity contribution in [1.29, 1.82) is 0 Å². The average Bonchev–Trinajstić information content (AvgIpc) is 2.61. The maximum absolute atomic E-state index is 10.4. The second kappa shape index (κ2) is 5.55. The molecule has 0 aromatic carbocycles. The Bertz CT molecular complexity index is 365. The molecule has 1 rings (SSSR count). The van der Waals surface area contributed by atoms with Crippen LogP contribution in [0, 0.1) is 11.8 Å². The minimum Gasteiger partial charge on any atom is -0.211 e. The van der Waals surface area contributed by atoms with E-state index in [1.165, 1.54) is 12.3 Å². The van der Waals surface area contributed by atoms with E-state index in [0.29, 0.717) is 5.92 Å². The number of isocyanates is 2. The van der Waals surface area contributed by atoms with E-state index in [9.17, 15) is 9.59 Å². The molecule has 4 nitrogen and oxygen atoms in total. The van der Waals surface area contributed by atoms with Crippen LogP contribution in [-0.2, 0) is 9.59 Å². The SMILES string of the molecule is CC(/C=C\N=C=O)C1CCCC1(C)N=C=O. The lowest BCUT2D eigenvalue weighted by molar-refractivity contribution is 0.289. The highest BCUT2D eigenvalue weighted by molar-refractivity contribution is 5.35. The largest absolute Gasteiger partial charge is 0.239 e. The lowest BCUT2D eigenvalue weighted by Gasteiger charge is -2.29. The first kappa shape index (κ1) is 12.6. The van der Waals surface area contributed by atoms with Crippen LogP contribution in [0.5, 0.6) is 0 Å². The van der Waals surface area contributed by atoms with Gasteiger partial charge in [-0.25, -0.2) is 9.59 Å². The average molecular weight is 220 g/mol. The Morgan fingerprint density at radius 3 is 2.81 bits per heavy atom. The summed E-state index contributed by atoms with van der Waals surface area (Å²) < 4.78 is 0. The van der Waals surface area contributed by atoms with Crippen molar-refractivity contribution < 1.29 is 9.59 Å². The molecule has 0 amide bonds. The summed E-state index contributed by atoms with van der Waals surface area (Å²) in [6, 6.07) is 0. The van der Waals surface area contributed by atoms with Gasteiger partial charge in [-0.1, -0.05) is 19.4 Å². The summed E-state index contributed by atoms with van der Waals surface area (Å²) in [6.07, 6.45) is 9.48. The summed E-state index contributed by atoms with van der Waals surface area (Å²) in [4.78, 5) is 27.7. The summed E-state index contributed by atoms with van der Waals surface area (Å²) >= 11 is 0. The van der Waals surface area contributed by atoms with Crippen LogP contribution in [-0.4, -0.2) is 17.7 Å². The Hall–Kier alpha value is -1.50. The maximum Gasteiger partial charge on any atom is 0.239 e. The topological polar surface area (TPSA) is 58.9 Å². The van der Waals surface area contributed by atoms with Gasteiger partial charge < -0.3 is 0 Å². The number of allylic oxidation sites excluding steroid dienone is 1. The van der Waals surface area contributed by atoms with Gasteiger partial charge in [-0.05, 0) is 31.6 Å². The smallest absolute Gasteiger partial charge is 0.211 e. The summed E-state index contributed by atoms with van der Waals surface area (Å²) in [5, 5.41) is 0. The predicted octanol–water partition coefficient (Wildman–Crippen LogP) is 2.37. The predicted molar refractivity (Wildman–Crippen MR) is 60.3 cm³/mol. The zero-order valence-corrected chi connectivity index (χ0v) is 9.64. The van der Waals surface area contributed by atoms with Crippen LogP contribution in [0.25, 0.3) is 0 Å². The molecule has 1 aliphatic rings. The fraction of sp³-hybridized carbons (Fsp3) is 0.667. The Labute approximate surface area is 95.2 Å². The monoisotopic (exact) mass is 220 g/mol. The van der Waals surface area contributed by atoms with Crippen molar-refractivity contribution in [1.82, 2.24) is 0 Å². The van der Waals surface area contributed by atoms with Crippen LogP contribution in [0.3, 0.4) is 0 Å². The van der Waals surface area contributed by atoms with E-state index in [4.69, 9.17) is 0 Å². The van der Waals surface area contributed by atoms with E-state index in [2.05, 4.69) is 9.98 Å². The maximum atomic E-state index is 10.4. The third-order valence-corrected chi connectivity index (χ3v) is 3.45. The molecular weight excluding hydrogens is 204 g/mol. The fourth-order valence-corrected chi connectivity index (χ4v) is 2.59. The summed E-state index contributed by atoms with van der Waals surface area (Å²) in [5.74, 6) is 0.550. The molecule has 0 aliphatic heterocycles. The summed E-state index contributed by atoms with van der Waals surface area (Å²) in [5.41, 5.74) is -0.309. The first-order valence-corrected chi connectivity index (χ1v) is 5.47. The quantitative estimate of drug-likeness (QED) is 0.539. The van der Waals surface area contributed by atoms with E-state index in [1.54, 1.807) is 6.08 Å². The van der Waals surface area contributed by atoms with Gasteiger partial charge in [-0.15, -0.1) is 0 Å². The van der Waals surface area contributed by atoms with Crippen LogP contribution in [0.15, 0.2) is 22.3 Å². The van der Waals surface area contributed by atoms with E-state index in [1.807, 2.05) is 19.9 Å². The highest BCUT2D eigenvalue weighted by Gasteiger charge is 2.40. The van der Waals surface area contributed by atoms with E-state index in [0.717, 1.165) is 19.3 Å². The van der Waals surface area contributed by atoms with Crippen molar-refractivity contribution >= 4 is 12.2 Å². The van der Waals surface area contributed by atoms with Crippen LogP contribution >= 0.6 is 0 Å². The van der Waals surface area contributed by atoms with Crippen molar-refractivity contribution in [3.63, 3.8) is 0 Å². The lowest BCUT2D eigenvalue weighted by Crippen LogP contribution is -2.30. The van der Waals surface area contributed by atoms with E-state index < -0.39 is 0 Å². The molecule has 3 unspecified atom stereocenters. The molecule has 1 fully saturated rings. The van der Waals surface area contributed by atoms with Gasteiger partial charge in [0.2, 0.25) is 12.2 Å². The molecule has 0 aromatic heterocycles. The van der Waals surface area contributed by atoms with Crippen molar-refractivity contribution in [3.8, 4) is 0 Å². The fourth-order valence-electron chi connectivity index (χ4n) is 2.59. The van der Waals surface area contributed by atoms with Crippen LogP contribution in [0.2, 0.25) is 0 Å². The molecule has 0 saturated heterocycles. The standard InChI is InChI=1S/C12H16N2O2/c1-10(5-7-13-8-15)11-4-3-6-12(11,2)14-9-16/h5,7,10-11H,3-4,6H2,1-2H3/b7-5-. The third-order valence-electron chi connectivity index (χ3n) is 3.45. The molecular formula is C12H16N2O2. The first-order valence-electron chi connectivity index (χ1n) is 5.47. The molecule has 0 aromatic rings.